The van der Waals surface area contributed by atoms with E-state index in [1.807, 2.05) is 24.3 Å². The summed E-state index contributed by atoms with van der Waals surface area (Å²) in [5.74, 6) is 1.64. The Balaban J connectivity index is 1.34. The molecule has 2 fully saturated rings. The standard InChI is InChI=1S/C22H35N3O4S/c1-29-21-10-8-20(9-11-21)24-14-16-25(17-15-24)30(27,28)18-4-13-23-22(26)12-7-19-5-2-3-6-19/h8-11,19H,2-7,12-18H2,1H3,(H,23,26). The van der Waals surface area contributed by atoms with Crippen molar-refractivity contribution in [3.8, 4) is 5.75 Å². The molecule has 1 aliphatic heterocycles. The predicted molar refractivity (Wildman–Crippen MR) is 119 cm³/mol. The number of benzene rings is 1. The number of carbonyl (C=O) groups is 1. The molecule has 1 amide bonds. The largest absolute Gasteiger partial charge is 0.497 e. The van der Waals surface area contributed by atoms with Gasteiger partial charge in [-0.2, -0.15) is 4.31 Å². The van der Waals surface area contributed by atoms with Crippen molar-refractivity contribution in [2.24, 2.45) is 5.92 Å². The summed E-state index contributed by atoms with van der Waals surface area (Å²) in [5.41, 5.74) is 1.08. The van der Waals surface area contributed by atoms with Crippen LogP contribution in [0.5, 0.6) is 5.75 Å². The first-order chi connectivity index (χ1) is 14.5. The first-order valence-electron chi connectivity index (χ1n) is 11.1. The van der Waals surface area contributed by atoms with E-state index in [-0.39, 0.29) is 11.7 Å². The van der Waals surface area contributed by atoms with Crippen molar-refractivity contribution >= 4 is 21.6 Å². The molecule has 0 spiro atoms. The van der Waals surface area contributed by atoms with Crippen molar-refractivity contribution in [2.45, 2.75) is 44.9 Å². The molecule has 0 atom stereocenters. The molecule has 1 N–H and O–H groups in total. The highest BCUT2D eigenvalue weighted by atomic mass is 32.2. The molecule has 30 heavy (non-hydrogen) atoms. The molecule has 0 unspecified atom stereocenters. The van der Waals surface area contributed by atoms with Gasteiger partial charge in [-0.15, -0.1) is 0 Å². The number of hydrogen-bond acceptors (Lipinski definition) is 5. The third kappa shape index (κ3) is 6.60. The number of nitrogens with zero attached hydrogens (tertiary/aromatic N) is 2. The lowest BCUT2D eigenvalue weighted by Gasteiger charge is -2.35. The van der Waals surface area contributed by atoms with Crippen LogP contribution in [0.2, 0.25) is 0 Å². The van der Waals surface area contributed by atoms with E-state index in [0.29, 0.717) is 51.5 Å². The van der Waals surface area contributed by atoms with Crippen molar-refractivity contribution in [3.05, 3.63) is 24.3 Å². The molecule has 0 bridgehead atoms. The summed E-state index contributed by atoms with van der Waals surface area (Å²) < 4.78 is 32.0. The Morgan fingerprint density at radius 1 is 1.10 bits per heavy atom. The number of amides is 1. The van der Waals surface area contributed by atoms with Crippen LogP contribution in [-0.2, 0) is 14.8 Å². The molecule has 8 heteroatoms. The highest BCUT2D eigenvalue weighted by molar-refractivity contribution is 7.89. The normalized spacial score (nSPS) is 18.5. The van der Waals surface area contributed by atoms with Gasteiger partial charge < -0.3 is 15.0 Å². The molecule has 7 nitrogen and oxygen atoms in total. The summed E-state index contributed by atoms with van der Waals surface area (Å²) in [6, 6.07) is 7.83. The lowest BCUT2D eigenvalue weighted by molar-refractivity contribution is -0.121. The van der Waals surface area contributed by atoms with Gasteiger partial charge in [-0.05, 0) is 43.0 Å². The zero-order valence-corrected chi connectivity index (χ0v) is 18.8. The topological polar surface area (TPSA) is 79.0 Å². The maximum absolute atomic E-state index is 12.6. The Morgan fingerprint density at radius 3 is 2.40 bits per heavy atom. The fourth-order valence-corrected chi connectivity index (χ4v) is 5.84. The van der Waals surface area contributed by atoms with Gasteiger partial charge >= 0.3 is 0 Å². The van der Waals surface area contributed by atoms with Gasteiger partial charge in [0, 0.05) is 44.8 Å². The van der Waals surface area contributed by atoms with Crippen molar-refractivity contribution in [1.29, 1.82) is 0 Å². The molecule has 1 aromatic carbocycles. The molecule has 168 valence electrons. The summed E-state index contributed by atoms with van der Waals surface area (Å²) in [6.45, 7) is 2.74. The molecule has 3 rings (SSSR count). The maximum atomic E-state index is 12.6. The highest BCUT2D eigenvalue weighted by Gasteiger charge is 2.26. The summed E-state index contributed by atoms with van der Waals surface area (Å²) in [6.07, 6.45) is 7.05. The lowest BCUT2D eigenvalue weighted by Crippen LogP contribution is -2.49. The van der Waals surface area contributed by atoms with Crippen molar-refractivity contribution < 1.29 is 17.9 Å². The van der Waals surface area contributed by atoms with E-state index in [0.717, 1.165) is 17.9 Å². The molecule has 1 saturated carbocycles. The fraction of sp³-hybridized carbons (Fsp3) is 0.682. The van der Waals surface area contributed by atoms with Gasteiger partial charge in [0.05, 0.1) is 12.9 Å². The van der Waals surface area contributed by atoms with E-state index in [2.05, 4.69) is 10.2 Å². The zero-order chi connectivity index (χ0) is 21.4. The van der Waals surface area contributed by atoms with Crippen LogP contribution in [0.3, 0.4) is 0 Å². The molecule has 1 heterocycles. The SMILES string of the molecule is COc1ccc(N2CCN(S(=O)(=O)CCCNC(=O)CCC3CCCC3)CC2)cc1. The third-order valence-corrected chi connectivity index (χ3v) is 8.18. The maximum Gasteiger partial charge on any atom is 0.220 e. The van der Waals surface area contributed by atoms with Crippen molar-refractivity contribution in [1.82, 2.24) is 9.62 Å². The van der Waals surface area contributed by atoms with Crippen LogP contribution >= 0.6 is 0 Å². The smallest absolute Gasteiger partial charge is 0.220 e. The Morgan fingerprint density at radius 2 is 1.77 bits per heavy atom. The fourth-order valence-electron chi connectivity index (χ4n) is 4.35. The Bertz CT molecular complexity index is 768. The number of anilines is 1. The summed E-state index contributed by atoms with van der Waals surface area (Å²) in [5, 5.41) is 2.88. The molecule has 1 aromatic rings. The molecule has 1 saturated heterocycles. The zero-order valence-electron chi connectivity index (χ0n) is 18.0. The van der Waals surface area contributed by atoms with Gasteiger partial charge in [0.1, 0.15) is 5.75 Å². The van der Waals surface area contributed by atoms with E-state index in [1.165, 1.54) is 25.7 Å². The Kier molecular flexibility index (Phi) is 8.39. The number of rotatable bonds is 10. The van der Waals surface area contributed by atoms with Crippen LogP contribution in [0.25, 0.3) is 0 Å². The minimum Gasteiger partial charge on any atom is -0.497 e. The van der Waals surface area contributed by atoms with E-state index in [4.69, 9.17) is 4.74 Å². The van der Waals surface area contributed by atoms with E-state index < -0.39 is 10.0 Å². The van der Waals surface area contributed by atoms with Crippen LogP contribution in [0.15, 0.2) is 24.3 Å². The van der Waals surface area contributed by atoms with Gasteiger partial charge in [-0.3, -0.25) is 4.79 Å². The van der Waals surface area contributed by atoms with Gasteiger partial charge in [-0.1, -0.05) is 25.7 Å². The number of piperazine rings is 1. The first kappa shape index (κ1) is 22.9. The Hall–Kier alpha value is -1.80. The van der Waals surface area contributed by atoms with Crippen LogP contribution < -0.4 is 15.0 Å². The van der Waals surface area contributed by atoms with Crippen molar-refractivity contribution in [3.63, 3.8) is 0 Å². The molecular weight excluding hydrogens is 402 g/mol. The molecule has 0 aromatic heterocycles. The van der Waals surface area contributed by atoms with Crippen molar-refractivity contribution in [2.75, 3.05) is 50.5 Å². The number of hydrogen-bond donors (Lipinski definition) is 1. The van der Waals surface area contributed by atoms with Crippen LogP contribution in [0, 0.1) is 5.92 Å². The number of sulfonamides is 1. The lowest BCUT2D eigenvalue weighted by atomic mass is 10.0. The second kappa shape index (κ2) is 11.0. The minimum absolute atomic E-state index is 0.0485. The van der Waals surface area contributed by atoms with Gasteiger partial charge in [0.25, 0.3) is 0 Å². The average Bonchev–Trinajstić information content (AvgIpc) is 3.29. The monoisotopic (exact) mass is 437 g/mol. The molecular formula is C22H35N3O4S. The van der Waals surface area contributed by atoms with E-state index >= 15 is 0 Å². The minimum atomic E-state index is -3.29. The third-order valence-electron chi connectivity index (χ3n) is 6.23. The summed E-state index contributed by atoms with van der Waals surface area (Å²) in [4.78, 5) is 14.1. The number of nitrogens with one attached hydrogen (secondary N) is 1. The molecule has 0 radical (unpaired) electrons. The number of ether oxygens (including phenoxy) is 1. The quantitative estimate of drug-likeness (QED) is 0.569. The number of carbonyl (C=O) groups excluding carboxylic acids is 1. The molecule has 1 aliphatic carbocycles. The van der Waals surface area contributed by atoms with Gasteiger partial charge in [0.2, 0.25) is 15.9 Å². The number of methoxy groups -OCH3 is 1. The van der Waals surface area contributed by atoms with Gasteiger partial charge in [-0.25, -0.2) is 8.42 Å². The second-order valence-corrected chi connectivity index (χ2v) is 10.4. The second-order valence-electron chi connectivity index (χ2n) is 8.29. The van der Waals surface area contributed by atoms with Crippen LogP contribution in [-0.4, -0.2) is 64.2 Å². The Labute approximate surface area is 180 Å². The summed E-state index contributed by atoms with van der Waals surface area (Å²) in [7, 11) is -1.65. The predicted octanol–water partition coefficient (Wildman–Crippen LogP) is 2.62. The van der Waals surface area contributed by atoms with E-state index in [1.54, 1.807) is 11.4 Å². The summed E-state index contributed by atoms with van der Waals surface area (Å²) >= 11 is 0. The van der Waals surface area contributed by atoms with Gasteiger partial charge in [0.15, 0.2) is 0 Å². The van der Waals surface area contributed by atoms with Crippen LogP contribution in [0.1, 0.15) is 44.9 Å². The molecule has 2 aliphatic rings. The van der Waals surface area contributed by atoms with Crippen LogP contribution in [0.4, 0.5) is 5.69 Å². The average molecular weight is 438 g/mol. The first-order valence-corrected chi connectivity index (χ1v) is 12.7. The highest BCUT2D eigenvalue weighted by Crippen LogP contribution is 2.28. The van der Waals surface area contributed by atoms with E-state index in [9.17, 15) is 13.2 Å².